The summed E-state index contributed by atoms with van der Waals surface area (Å²) in [7, 11) is -3.73. The summed E-state index contributed by atoms with van der Waals surface area (Å²) in [6, 6.07) is 9.01. The van der Waals surface area contributed by atoms with Crippen LogP contribution in [-0.4, -0.2) is 15.0 Å². The topological polar surface area (TPSA) is 63.4 Å². The van der Waals surface area contributed by atoms with Crippen LogP contribution in [0.15, 0.2) is 41.3 Å². The Kier molecular flexibility index (Phi) is 4.87. The number of benzene rings is 2. The molecule has 2 aromatic rings. The van der Waals surface area contributed by atoms with Gasteiger partial charge in [0.2, 0.25) is 0 Å². The Bertz CT molecular complexity index is 840. The minimum absolute atomic E-state index is 0. The van der Waals surface area contributed by atoms with E-state index in [1.54, 1.807) is 25.1 Å². The van der Waals surface area contributed by atoms with Crippen molar-refractivity contribution in [2.24, 2.45) is 0 Å². The molecule has 4 nitrogen and oxygen atoms in total. The first-order chi connectivity index (χ1) is 10.4. The highest BCUT2D eigenvalue weighted by Crippen LogP contribution is 2.35. The summed E-state index contributed by atoms with van der Waals surface area (Å²) in [6.45, 7) is 2.00. The summed E-state index contributed by atoms with van der Waals surface area (Å²) in [5.74, 6) is -0.445. The van der Waals surface area contributed by atoms with Gasteiger partial charge in [-0.15, -0.1) is 12.4 Å². The fourth-order valence-electron chi connectivity index (χ4n) is 2.89. The van der Waals surface area contributed by atoms with E-state index in [0.717, 1.165) is 12.0 Å². The minimum atomic E-state index is -3.73. The van der Waals surface area contributed by atoms with Crippen LogP contribution >= 0.6 is 12.4 Å². The average molecular weight is 357 g/mol. The van der Waals surface area contributed by atoms with Gasteiger partial charge in [-0.2, -0.15) is 0 Å². The molecule has 0 radical (unpaired) electrons. The van der Waals surface area contributed by atoms with Crippen molar-refractivity contribution in [1.82, 2.24) is 0 Å². The fraction of sp³-hybridized carbons (Fsp3) is 0.250. The zero-order valence-corrected chi connectivity index (χ0v) is 14.3. The first-order valence-electron chi connectivity index (χ1n) is 7.07. The molecule has 23 heavy (non-hydrogen) atoms. The van der Waals surface area contributed by atoms with Crippen molar-refractivity contribution in [3.63, 3.8) is 0 Å². The number of aryl methyl sites for hydroxylation is 1. The van der Waals surface area contributed by atoms with Crippen LogP contribution in [0.25, 0.3) is 0 Å². The van der Waals surface area contributed by atoms with E-state index in [2.05, 4.69) is 0 Å². The predicted molar refractivity (Wildman–Crippen MR) is 92.1 cm³/mol. The third kappa shape index (κ3) is 3.01. The van der Waals surface area contributed by atoms with E-state index >= 15 is 0 Å². The van der Waals surface area contributed by atoms with Gasteiger partial charge in [-0.1, -0.05) is 6.07 Å². The van der Waals surface area contributed by atoms with E-state index in [0.29, 0.717) is 29.9 Å². The van der Waals surface area contributed by atoms with Crippen LogP contribution in [0.5, 0.6) is 0 Å². The van der Waals surface area contributed by atoms with Crippen molar-refractivity contribution < 1.29 is 12.8 Å². The summed E-state index contributed by atoms with van der Waals surface area (Å²) >= 11 is 0. The molecule has 0 amide bonds. The van der Waals surface area contributed by atoms with Gasteiger partial charge in [0.1, 0.15) is 5.82 Å². The molecule has 0 unspecified atom stereocenters. The van der Waals surface area contributed by atoms with Gasteiger partial charge < -0.3 is 5.73 Å². The quantitative estimate of drug-likeness (QED) is 0.840. The molecule has 7 heteroatoms. The number of hydrogen-bond acceptors (Lipinski definition) is 3. The molecule has 0 aliphatic carbocycles. The van der Waals surface area contributed by atoms with Crippen LogP contribution in [0.3, 0.4) is 0 Å². The molecular weight excluding hydrogens is 339 g/mol. The molecule has 3 rings (SSSR count). The zero-order chi connectivity index (χ0) is 15.9. The normalized spacial score (nSPS) is 14.1. The van der Waals surface area contributed by atoms with E-state index in [1.165, 1.54) is 22.5 Å². The second-order valence-corrected chi connectivity index (χ2v) is 7.27. The molecule has 0 aromatic heterocycles. The monoisotopic (exact) mass is 356 g/mol. The van der Waals surface area contributed by atoms with Crippen molar-refractivity contribution in [1.29, 1.82) is 0 Å². The Balaban J connectivity index is 0.00000192. The van der Waals surface area contributed by atoms with Gasteiger partial charge in [-0.05, 0) is 61.2 Å². The second kappa shape index (κ2) is 6.37. The van der Waals surface area contributed by atoms with Gasteiger partial charge in [0, 0.05) is 12.2 Å². The summed E-state index contributed by atoms with van der Waals surface area (Å²) in [5, 5.41) is 0. The number of sulfonamides is 1. The van der Waals surface area contributed by atoms with E-state index in [1.807, 2.05) is 0 Å². The van der Waals surface area contributed by atoms with Crippen molar-refractivity contribution in [2.45, 2.75) is 24.7 Å². The highest BCUT2D eigenvalue weighted by atomic mass is 35.5. The molecular formula is C16H18ClFN2O2S. The minimum Gasteiger partial charge on any atom is -0.398 e. The van der Waals surface area contributed by atoms with E-state index in [9.17, 15) is 12.8 Å². The Morgan fingerprint density at radius 2 is 1.96 bits per heavy atom. The molecule has 2 N–H and O–H groups in total. The molecule has 0 atom stereocenters. The fourth-order valence-corrected chi connectivity index (χ4v) is 4.63. The molecule has 1 heterocycles. The Morgan fingerprint density at radius 3 is 2.65 bits per heavy atom. The lowest BCUT2D eigenvalue weighted by Gasteiger charge is -2.31. The predicted octanol–water partition coefficient (Wildman–Crippen LogP) is 3.28. The maximum atomic E-state index is 13.2. The first-order valence-corrected chi connectivity index (χ1v) is 8.51. The lowest BCUT2D eigenvalue weighted by Crippen LogP contribution is -2.36. The molecule has 0 saturated heterocycles. The van der Waals surface area contributed by atoms with Crippen LogP contribution in [-0.2, 0) is 16.4 Å². The van der Waals surface area contributed by atoms with E-state index in [4.69, 9.17) is 5.73 Å². The number of nitrogen functional groups attached to an aromatic ring is 1. The number of anilines is 2. The molecule has 0 spiro atoms. The summed E-state index contributed by atoms with van der Waals surface area (Å²) in [4.78, 5) is 0.129. The van der Waals surface area contributed by atoms with Crippen LogP contribution in [0.4, 0.5) is 15.8 Å². The number of rotatable bonds is 2. The SMILES string of the molecule is Cc1cc(F)ccc1S(=O)(=O)N1CCCc2c(N)cccc21.Cl. The number of fused-ring (bicyclic) bond motifs is 1. The Hall–Kier alpha value is -1.79. The summed E-state index contributed by atoms with van der Waals surface area (Å²) in [6.07, 6.45) is 1.47. The Morgan fingerprint density at radius 1 is 1.22 bits per heavy atom. The maximum absolute atomic E-state index is 13.2. The van der Waals surface area contributed by atoms with Gasteiger partial charge in [0.25, 0.3) is 10.0 Å². The summed E-state index contributed by atoms with van der Waals surface area (Å²) in [5.41, 5.74) is 8.45. The number of halogens is 2. The lowest BCUT2D eigenvalue weighted by atomic mass is 10.0. The summed E-state index contributed by atoms with van der Waals surface area (Å²) < 4.78 is 40.5. The maximum Gasteiger partial charge on any atom is 0.264 e. The van der Waals surface area contributed by atoms with Crippen LogP contribution in [0, 0.1) is 12.7 Å². The second-order valence-electron chi connectivity index (χ2n) is 5.44. The van der Waals surface area contributed by atoms with E-state index in [-0.39, 0.29) is 17.3 Å². The third-order valence-corrected chi connectivity index (χ3v) is 5.92. The zero-order valence-electron chi connectivity index (χ0n) is 12.6. The molecule has 2 aromatic carbocycles. The van der Waals surface area contributed by atoms with Crippen LogP contribution < -0.4 is 10.0 Å². The van der Waals surface area contributed by atoms with Gasteiger partial charge in [-0.3, -0.25) is 4.31 Å². The van der Waals surface area contributed by atoms with Crippen LogP contribution in [0.1, 0.15) is 17.5 Å². The third-order valence-electron chi connectivity index (χ3n) is 3.95. The number of nitrogens with two attached hydrogens (primary N) is 1. The van der Waals surface area contributed by atoms with Gasteiger partial charge in [-0.25, -0.2) is 12.8 Å². The molecule has 0 fully saturated rings. The molecule has 124 valence electrons. The molecule has 0 bridgehead atoms. The number of nitrogens with zero attached hydrogens (tertiary/aromatic N) is 1. The largest absolute Gasteiger partial charge is 0.398 e. The lowest BCUT2D eigenvalue weighted by molar-refractivity contribution is 0.584. The van der Waals surface area contributed by atoms with Crippen molar-refractivity contribution >= 4 is 33.8 Å². The molecule has 1 aliphatic rings. The smallest absolute Gasteiger partial charge is 0.264 e. The van der Waals surface area contributed by atoms with E-state index < -0.39 is 15.8 Å². The van der Waals surface area contributed by atoms with Gasteiger partial charge in [0.15, 0.2) is 0 Å². The Labute approximate surface area is 141 Å². The van der Waals surface area contributed by atoms with Crippen molar-refractivity contribution in [2.75, 3.05) is 16.6 Å². The standard InChI is InChI=1S/C16H17FN2O2S.ClH/c1-11-10-12(17)7-8-16(11)22(20,21)19-9-3-4-13-14(18)5-2-6-15(13)19;/h2,5-8,10H,3-4,9,18H2,1H3;1H. The van der Waals surface area contributed by atoms with Gasteiger partial charge >= 0.3 is 0 Å². The van der Waals surface area contributed by atoms with Crippen molar-refractivity contribution in [3.8, 4) is 0 Å². The van der Waals surface area contributed by atoms with Crippen LogP contribution in [0.2, 0.25) is 0 Å². The highest BCUT2D eigenvalue weighted by molar-refractivity contribution is 7.92. The average Bonchev–Trinajstić information content (AvgIpc) is 2.46. The molecule has 1 aliphatic heterocycles. The van der Waals surface area contributed by atoms with Gasteiger partial charge in [0.05, 0.1) is 10.6 Å². The highest BCUT2D eigenvalue weighted by Gasteiger charge is 2.30. The molecule has 0 saturated carbocycles. The first kappa shape index (κ1) is 17.6. The van der Waals surface area contributed by atoms with Crippen molar-refractivity contribution in [3.05, 3.63) is 53.3 Å². The number of hydrogen-bond donors (Lipinski definition) is 1.